The minimum atomic E-state index is -0.607. The first-order valence-electron chi connectivity index (χ1n) is 8.09. The van der Waals surface area contributed by atoms with Gasteiger partial charge in [-0.1, -0.05) is 41.6 Å². The molecular weight excluding hydrogens is 304 g/mol. The highest BCUT2D eigenvalue weighted by molar-refractivity contribution is 6.05. The topological polar surface area (TPSA) is 62.1 Å². The van der Waals surface area contributed by atoms with Crippen LogP contribution < -0.4 is 0 Å². The predicted octanol–water partition coefficient (Wildman–Crippen LogP) is 2.47. The molecule has 24 heavy (non-hydrogen) atoms. The Bertz CT molecular complexity index is 816. The summed E-state index contributed by atoms with van der Waals surface area (Å²) in [4.78, 5) is 19.9. The Hall–Kier alpha value is -2.82. The van der Waals surface area contributed by atoms with Crippen molar-refractivity contribution in [3.8, 4) is 5.75 Å². The Labute approximate surface area is 140 Å². The molecule has 0 aromatic heterocycles. The molecule has 1 amide bonds. The van der Waals surface area contributed by atoms with Gasteiger partial charge in [0, 0.05) is 25.1 Å². The van der Waals surface area contributed by atoms with E-state index in [1.807, 2.05) is 23.1 Å². The van der Waals surface area contributed by atoms with E-state index in [0.717, 1.165) is 6.42 Å². The molecule has 0 unspecified atom stereocenters. The molecular formula is C19H18N2O3. The van der Waals surface area contributed by atoms with Crippen LogP contribution in [0.2, 0.25) is 0 Å². The number of oxime groups is 1. The van der Waals surface area contributed by atoms with Crippen LogP contribution in [0.5, 0.6) is 5.75 Å². The second-order valence-corrected chi connectivity index (χ2v) is 6.13. The lowest BCUT2D eigenvalue weighted by atomic mass is 9.98. The van der Waals surface area contributed by atoms with Crippen LogP contribution in [-0.4, -0.2) is 34.3 Å². The van der Waals surface area contributed by atoms with E-state index in [4.69, 9.17) is 4.84 Å². The Kier molecular flexibility index (Phi) is 3.69. The molecule has 0 radical (unpaired) electrons. The highest BCUT2D eigenvalue weighted by Gasteiger charge is 2.34. The molecule has 1 N–H and O–H groups in total. The molecule has 0 bridgehead atoms. The fourth-order valence-corrected chi connectivity index (χ4v) is 3.27. The summed E-state index contributed by atoms with van der Waals surface area (Å²) < 4.78 is 0. The fraction of sp³-hybridized carbons (Fsp3) is 0.263. The normalized spacial score (nSPS) is 19.4. The van der Waals surface area contributed by atoms with Crippen LogP contribution >= 0.6 is 0 Å². The average molecular weight is 322 g/mol. The standard InChI is InChI=1S/C19H18N2O3/c22-17-8-4-3-7-15(17)16-11-18(24-20-16)19(23)21-10-9-13-5-1-2-6-14(13)12-21/h1-8,18,22H,9-12H2/t18-/m0/s1. The maximum absolute atomic E-state index is 12.7. The molecule has 0 saturated carbocycles. The van der Waals surface area contributed by atoms with Gasteiger partial charge in [-0.25, -0.2) is 0 Å². The number of carbonyl (C=O) groups is 1. The number of phenols is 1. The number of rotatable bonds is 2. The van der Waals surface area contributed by atoms with Crippen LogP contribution in [0.1, 0.15) is 23.1 Å². The maximum Gasteiger partial charge on any atom is 0.267 e. The molecule has 5 heteroatoms. The third-order valence-electron chi connectivity index (χ3n) is 4.60. The van der Waals surface area contributed by atoms with Crippen LogP contribution in [0.25, 0.3) is 0 Å². The predicted molar refractivity (Wildman–Crippen MR) is 89.7 cm³/mol. The number of hydrogen-bond donors (Lipinski definition) is 1. The Morgan fingerprint density at radius 3 is 2.71 bits per heavy atom. The molecule has 122 valence electrons. The number of carbonyl (C=O) groups excluding carboxylic acids is 1. The minimum Gasteiger partial charge on any atom is -0.507 e. The van der Waals surface area contributed by atoms with E-state index in [1.54, 1.807) is 18.2 Å². The molecule has 0 spiro atoms. The van der Waals surface area contributed by atoms with E-state index in [0.29, 0.717) is 30.8 Å². The van der Waals surface area contributed by atoms with Gasteiger partial charge in [0.1, 0.15) is 5.75 Å². The lowest BCUT2D eigenvalue weighted by molar-refractivity contribution is -0.143. The second kappa shape index (κ2) is 6.00. The number of para-hydroxylation sites is 1. The fourth-order valence-electron chi connectivity index (χ4n) is 3.27. The first kappa shape index (κ1) is 14.8. The highest BCUT2D eigenvalue weighted by atomic mass is 16.6. The van der Waals surface area contributed by atoms with Crippen molar-refractivity contribution in [2.45, 2.75) is 25.5 Å². The van der Waals surface area contributed by atoms with Crippen molar-refractivity contribution in [2.75, 3.05) is 6.54 Å². The Balaban J connectivity index is 1.45. The smallest absolute Gasteiger partial charge is 0.267 e. The SMILES string of the molecule is O=C([C@@H]1CC(c2ccccc2O)=NO1)N1CCc2ccccc2C1. The summed E-state index contributed by atoms with van der Waals surface area (Å²) in [7, 11) is 0. The molecule has 2 aromatic rings. The summed E-state index contributed by atoms with van der Waals surface area (Å²) in [5, 5.41) is 13.9. The molecule has 1 atom stereocenters. The summed E-state index contributed by atoms with van der Waals surface area (Å²) in [6.07, 6.45) is 0.640. The van der Waals surface area contributed by atoms with Gasteiger partial charge in [0.25, 0.3) is 5.91 Å². The number of aromatic hydroxyl groups is 1. The number of fused-ring (bicyclic) bond motifs is 1. The molecule has 4 rings (SSSR count). The van der Waals surface area contributed by atoms with Gasteiger partial charge >= 0.3 is 0 Å². The molecule has 0 aliphatic carbocycles. The molecule has 0 fully saturated rings. The Morgan fingerprint density at radius 2 is 1.88 bits per heavy atom. The van der Waals surface area contributed by atoms with Crippen LogP contribution in [0.3, 0.4) is 0 Å². The number of phenolic OH excluding ortho intramolecular Hbond substituents is 1. The van der Waals surface area contributed by atoms with Crippen LogP contribution in [0.4, 0.5) is 0 Å². The van der Waals surface area contributed by atoms with Crippen molar-refractivity contribution in [2.24, 2.45) is 5.16 Å². The zero-order chi connectivity index (χ0) is 16.5. The zero-order valence-corrected chi connectivity index (χ0v) is 13.2. The Morgan fingerprint density at radius 1 is 1.12 bits per heavy atom. The molecule has 2 aromatic carbocycles. The second-order valence-electron chi connectivity index (χ2n) is 6.13. The van der Waals surface area contributed by atoms with Gasteiger partial charge in [0.05, 0.1) is 5.71 Å². The summed E-state index contributed by atoms with van der Waals surface area (Å²) in [6, 6.07) is 15.2. The lowest BCUT2D eigenvalue weighted by Crippen LogP contribution is -2.42. The zero-order valence-electron chi connectivity index (χ0n) is 13.2. The number of amides is 1. The minimum absolute atomic E-state index is 0.0429. The van der Waals surface area contributed by atoms with Crippen molar-refractivity contribution in [1.29, 1.82) is 0 Å². The number of benzene rings is 2. The van der Waals surface area contributed by atoms with Crippen molar-refractivity contribution in [1.82, 2.24) is 4.90 Å². The van der Waals surface area contributed by atoms with E-state index >= 15 is 0 Å². The van der Waals surface area contributed by atoms with Gasteiger partial charge in [-0.15, -0.1) is 0 Å². The van der Waals surface area contributed by atoms with Crippen LogP contribution in [-0.2, 0) is 22.6 Å². The quantitative estimate of drug-likeness (QED) is 0.924. The van der Waals surface area contributed by atoms with Crippen molar-refractivity contribution < 1.29 is 14.7 Å². The van der Waals surface area contributed by atoms with E-state index in [9.17, 15) is 9.90 Å². The largest absolute Gasteiger partial charge is 0.507 e. The third kappa shape index (κ3) is 2.62. The molecule has 2 aliphatic rings. The monoisotopic (exact) mass is 322 g/mol. The summed E-state index contributed by atoms with van der Waals surface area (Å²) in [5.41, 5.74) is 3.73. The third-order valence-corrected chi connectivity index (χ3v) is 4.60. The van der Waals surface area contributed by atoms with Crippen molar-refractivity contribution in [3.05, 3.63) is 65.2 Å². The summed E-state index contributed by atoms with van der Waals surface area (Å²) in [6.45, 7) is 1.31. The summed E-state index contributed by atoms with van der Waals surface area (Å²) in [5.74, 6) is 0.110. The first-order valence-corrected chi connectivity index (χ1v) is 8.09. The summed E-state index contributed by atoms with van der Waals surface area (Å²) >= 11 is 0. The van der Waals surface area contributed by atoms with E-state index in [-0.39, 0.29) is 11.7 Å². The number of hydrogen-bond acceptors (Lipinski definition) is 4. The van der Waals surface area contributed by atoms with E-state index in [1.165, 1.54) is 11.1 Å². The van der Waals surface area contributed by atoms with Gasteiger partial charge in [-0.3, -0.25) is 4.79 Å². The van der Waals surface area contributed by atoms with Crippen LogP contribution in [0, 0.1) is 0 Å². The van der Waals surface area contributed by atoms with Gasteiger partial charge in [-0.2, -0.15) is 0 Å². The van der Waals surface area contributed by atoms with Crippen molar-refractivity contribution in [3.63, 3.8) is 0 Å². The van der Waals surface area contributed by atoms with E-state index in [2.05, 4.69) is 17.3 Å². The highest BCUT2D eigenvalue weighted by Crippen LogP contribution is 2.26. The molecule has 2 aliphatic heterocycles. The molecule has 2 heterocycles. The lowest BCUT2D eigenvalue weighted by Gasteiger charge is -2.30. The molecule has 5 nitrogen and oxygen atoms in total. The van der Waals surface area contributed by atoms with Crippen molar-refractivity contribution >= 4 is 11.6 Å². The van der Waals surface area contributed by atoms with Gasteiger partial charge in [0.15, 0.2) is 0 Å². The average Bonchev–Trinajstić information content (AvgIpc) is 3.11. The number of nitrogens with zero attached hydrogens (tertiary/aromatic N) is 2. The van der Waals surface area contributed by atoms with Gasteiger partial charge in [-0.05, 0) is 29.7 Å². The molecule has 0 saturated heterocycles. The van der Waals surface area contributed by atoms with Crippen LogP contribution in [0.15, 0.2) is 53.7 Å². The first-order chi connectivity index (χ1) is 11.7. The van der Waals surface area contributed by atoms with Gasteiger partial charge < -0.3 is 14.8 Å². The van der Waals surface area contributed by atoms with E-state index < -0.39 is 6.10 Å². The maximum atomic E-state index is 12.7. The van der Waals surface area contributed by atoms with Gasteiger partial charge in [0.2, 0.25) is 6.10 Å².